The van der Waals surface area contributed by atoms with Crippen molar-refractivity contribution < 1.29 is 23.2 Å². The molecule has 9 nitrogen and oxygen atoms in total. The highest BCUT2D eigenvalue weighted by molar-refractivity contribution is 6.10. The average molecular weight is 416 g/mol. The molecule has 3 heterocycles. The van der Waals surface area contributed by atoms with Crippen LogP contribution in [0.5, 0.6) is 0 Å². The number of nitrogens with one attached hydrogen (secondary N) is 2. The van der Waals surface area contributed by atoms with Crippen LogP contribution in [-0.4, -0.2) is 57.9 Å². The predicted molar refractivity (Wildman–Crippen MR) is 101 cm³/mol. The molecule has 30 heavy (non-hydrogen) atoms. The van der Waals surface area contributed by atoms with E-state index >= 15 is 0 Å². The third-order valence-corrected chi connectivity index (χ3v) is 5.20. The number of hydrogen-bond donors (Lipinski definition) is 2. The topological polar surface area (TPSA) is 108 Å². The van der Waals surface area contributed by atoms with Crippen LogP contribution in [0.25, 0.3) is 0 Å². The lowest BCUT2D eigenvalue weighted by Crippen LogP contribution is -2.55. The molecule has 2 aliphatic heterocycles. The van der Waals surface area contributed by atoms with Gasteiger partial charge in [0.25, 0.3) is 5.91 Å². The van der Waals surface area contributed by atoms with E-state index in [2.05, 4.69) is 20.6 Å². The molecule has 0 atom stereocenters. The SMILES string of the molecule is O=C(CN1C(=O)NC2(CCN(c3ncccn3)CC2)C1=O)Nc1ccc(F)c(F)c1. The summed E-state index contributed by atoms with van der Waals surface area (Å²) in [6.45, 7) is 0.396. The van der Waals surface area contributed by atoms with Crippen molar-refractivity contribution in [1.29, 1.82) is 0 Å². The van der Waals surface area contributed by atoms with Crippen molar-refractivity contribution >= 4 is 29.5 Å². The number of rotatable bonds is 4. The third kappa shape index (κ3) is 3.65. The summed E-state index contributed by atoms with van der Waals surface area (Å²) in [5, 5.41) is 5.06. The Bertz CT molecular complexity index is 995. The lowest BCUT2D eigenvalue weighted by Gasteiger charge is -2.37. The maximum atomic E-state index is 13.3. The molecule has 4 amide bonds. The Balaban J connectivity index is 1.39. The first-order valence-electron chi connectivity index (χ1n) is 9.29. The fourth-order valence-corrected chi connectivity index (χ4v) is 3.62. The van der Waals surface area contributed by atoms with E-state index in [-0.39, 0.29) is 5.69 Å². The number of carbonyl (C=O) groups excluding carboxylic acids is 3. The van der Waals surface area contributed by atoms with Crippen LogP contribution in [0.4, 0.5) is 25.2 Å². The summed E-state index contributed by atoms with van der Waals surface area (Å²) >= 11 is 0. The van der Waals surface area contributed by atoms with Gasteiger partial charge in [-0.25, -0.2) is 23.5 Å². The fourth-order valence-electron chi connectivity index (χ4n) is 3.62. The first-order valence-corrected chi connectivity index (χ1v) is 9.29. The second-order valence-corrected chi connectivity index (χ2v) is 7.12. The lowest BCUT2D eigenvalue weighted by molar-refractivity contribution is -0.134. The molecule has 156 valence electrons. The predicted octanol–water partition coefficient (Wildman–Crippen LogP) is 1.28. The minimum atomic E-state index is -1.11. The number of benzene rings is 1. The van der Waals surface area contributed by atoms with Crippen LogP contribution >= 0.6 is 0 Å². The molecule has 0 aliphatic carbocycles. The number of aromatic nitrogens is 2. The molecule has 4 rings (SSSR count). The molecule has 0 radical (unpaired) electrons. The molecule has 2 saturated heterocycles. The maximum absolute atomic E-state index is 13.3. The Morgan fingerprint density at radius 1 is 1.13 bits per heavy atom. The van der Waals surface area contributed by atoms with Gasteiger partial charge >= 0.3 is 6.03 Å². The minimum absolute atomic E-state index is 0.0248. The van der Waals surface area contributed by atoms with Gasteiger partial charge in [0.05, 0.1) is 0 Å². The van der Waals surface area contributed by atoms with Crippen LogP contribution in [0, 0.1) is 11.6 Å². The molecule has 1 aromatic carbocycles. The van der Waals surface area contributed by atoms with Gasteiger partial charge in [0.2, 0.25) is 11.9 Å². The van der Waals surface area contributed by atoms with Crippen LogP contribution in [0.1, 0.15) is 12.8 Å². The normalized spacial score (nSPS) is 17.9. The summed E-state index contributed by atoms with van der Waals surface area (Å²) in [5.41, 5.74) is -1.05. The Labute approximate surface area is 170 Å². The number of piperidine rings is 1. The summed E-state index contributed by atoms with van der Waals surface area (Å²) in [4.78, 5) is 48.7. The number of imide groups is 1. The average Bonchev–Trinajstić information content (AvgIpc) is 2.96. The highest BCUT2D eigenvalue weighted by Crippen LogP contribution is 2.30. The smallest absolute Gasteiger partial charge is 0.325 e. The number of halogens is 2. The molecule has 2 N–H and O–H groups in total. The number of urea groups is 1. The zero-order valence-electron chi connectivity index (χ0n) is 15.8. The van der Waals surface area contributed by atoms with Gasteiger partial charge in [-0.3, -0.25) is 14.5 Å². The Hall–Kier alpha value is -3.63. The van der Waals surface area contributed by atoms with Crippen molar-refractivity contribution in [3.05, 3.63) is 48.3 Å². The van der Waals surface area contributed by atoms with Gasteiger partial charge < -0.3 is 15.5 Å². The summed E-state index contributed by atoms with van der Waals surface area (Å²) in [5.74, 6) is -2.79. The van der Waals surface area contributed by atoms with Gasteiger partial charge in [-0.2, -0.15) is 0 Å². The molecule has 0 unspecified atom stereocenters. The third-order valence-electron chi connectivity index (χ3n) is 5.20. The number of amides is 4. The van der Waals surface area contributed by atoms with Gasteiger partial charge in [-0.1, -0.05) is 0 Å². The summed E-state index contributed by atoms with van der Waals surface area (Å²) in [6, 6.07) is 3.92. The molecule has 1 spiro atoms. The van der Waals surface area contributed by atoms with Crippen LogP contribution in [0.2, 0.25) is 0 Å². The molecule has 2 aliphatic rings. The number of carbonyl (C=O) groups is 3. The zero-order valence-corrected chi connectivity index (χ0v) is 15.8. The van der Waals surface area contributed by atoms with Crippen LogP contribution in [0.3, 0.4) is 0 Å². The molecule has 2 fully saturated rings. The zero-order chi connectivity index (χ0) is 21.3. The van der Waals surface area contributed by atoms with Gasteiger partial charge in [0.1, 0.15) is 12.1 Å². The van der Waals surface area contributed by atoms with Crippen LogP contribution in [-0.2, 0) is 9.59 Å². The summed E-state index contributed by atoms with van der Waals surface area (Å²) < 4.78 is 26.3. The Kier molecular flexibility index (Phi) is 5.02. The van der Waals surface area contributed by atoms with E-state index in [9.17, 15) is 23.2 Å². The fraction of sp³-hybridized carbons (Fsp3) is 0.316. The minimum Gasteiger partial charge on any atom is -0.341 e. The standard InChI is InChI=1S/C19H18F2N6O3/c20-13-3-2-12(10-14(13)21)24-15(28)11-27-16(29)19(25-18(27)30)4-8-26(9-5-19)17-22-6-1-7-23-17/h1-3,6-7,10H,4-5,8-9,11H2,(H,24,28)(H,25,30). The first-order chi connectivity index (χ1) is 14.4. The van der Waals surface area contributed by atoms with E-state index in [0.717, 1.165) is 17.0 Å². The highest BCUT2D eigenvalue weighted by atomic mass is 19.2. The lowest BCUT2D eigenvalue weighted by atomic mass is 9.87. The monoisotopic (exact) mass is 416 g/mol. The molecule has 1 aromatic heterocycles. The summed E-state index contributed by atoms with van der Waals surface area (Å²) in [7, 11) is 0. The van der Waals surface area contributed by atoms with E-state index < -0.39 is 41.6 Å². The van der Waals surface area contributed by atoms with Gasteiger partial charge in [-0.15, -0.1) is 0 Å². The van der Waals surface area contributed by atoms with E-state index in [0.29, 0.717) is 31.9 Å². The van der Waals surface area contributed by atoms with Crippen molar-refractivity contribution in [3.63, 3.8) is 0 Å². The maximum Gasteiger partial charge on any atom is 0.325 e. The number of nitrogens with zero attached hydrogens (tertiary/aromatic N) is 4. The van der Waals surface area contributed by atoms with Crippen molar-refractivity contribution in [2.75, 3.05) is 29.9 Å². The van der Waals surface area contributed by atoms with Crippen LogP contribution in [0.15, 0.2) is 36.7 Å². The van der Waals surface area contributed by atoms with Gasteiger partial charge in [0.15, 0.2) is 11.6 Å². The van der Waals surface area contributed by atoms with E-state index in [1.807, 2.05) is 4.90 Å². The van der Waals surface area contributed by atoms with Crippen molar-refractivity contribution in [3.8, 4) is 0 Å². The Morgan fingerprint density at radius 2 is 1.83 bits per heavy atom. The number of hydrogen-bond acceptors (Lipinski definition) is 6. The van der Waals surface area contributed by atoms with E-state index in [1.54, 1.807) is 18.5 Å². The molecule has 11 heteroatoms. The van der Waals surface area contributed by atoms with Gasteiger partial charge in [0, 0.05) is 37.2 Å². The van der Waals surface area contributed by atoms with E-state index in [4.69, 9.17) is 0 Å². The molecule has 0 saturated carbocycles. The first kappa shape index (κ1) is 19.7. The quantitative estimate of drug-likeness (QED) is 0.728. The van der Waals surface area contributed by atoms with Gasteiger partial charge in [-0.05, 0) is 31.0 Å². The molecular formula is C19H18F2N6O3. The van der Waals surface area contributed by atoms with Crippen molar-refractivity contribution in [2.45, 2.75) is 18.4 Å². The van der Waals surface area contributed by atoms with E-state index in [1.165, 1.54) is 6.07 Å². The molecule has 0 bridgehead atoms. The number of anilines is 2. The second-order valence-electron chi connectivity index (χ2n) is 7.12. The summed E-state index contributed by atoms with van der Waals surface area (Å²) in [6.07, 6.45) is 3.94. The van der Waals surface area contributed by atoms with Crippen molar-refractivity contribution in [1.82, 2.24) is 20.2 Å². The van der Waals surface area contributed by atoms with Crippen LogP contribution < -0.4 is 15.5 Å². The molecule has 2 aromatic rings. The van der Waals surface area contributed by atoms with Crippen molar-refractivity contribution in [2.24, 2.45) is 0 Å². The molecular weight excluding hydrogens is 398 g/mol. The largest absolute Gasteiger partial charge is 0.341 e. The Morgan fingerprint density at radius 3 is 2.50 bits per heavy atom. The highest BCUT2D eigenvalue weighted by Gasteiger charge is 2.52. The second kappa shape index (κ2) is 7.65.